The van der Waals surface area contributed by atoms with Crippen LogP contribution in [0.4, 0.5) is 0 Å². The molecule has 0 aromatic heterocycles. The summed E-state index contributed by atoms with van der Waals surface area (Å²) in [4.78, 5) is 0.175. The average molecular weight is 228 g/mol. The summed E-state index contributed by atoms with van der Waals surface area (Å²) >= 11 is 0. The lowest BCUT2D eigenvalue weighted by Gasteiger charge is -2.07. The Kier molecular flexibility index (Phi) is 2.54. The minimum atomic E-state index is -3.63. The van der Waals surface area contributed by atoms with E-state index in [0.717, 1.165) is 0 Å². The average Bonchev–Trinajstić information content (AvgIpc) is 2.96. The second-order valence-corrected chi connectivity index (χ2v) is 5.38. The van der Waals surface area contributed by atoms with Gasteiger partial charge in [0.2, 0.25) is 0 Å². The van der Waals surface area contributed by atoms with E-state index in [1.807, 2.05) is 6.92 Å². The van der Waals surface area contributed by atoms with Crippen LogP contribution in [0.2, 0.25) is 0 Å². The Morgan fingerprint density at radius 2 is 2.00 bits per heavy atom. The van der Waals surface area contributed by atoms with Gasteiger partial charge >= 0.3 is 0 Å². The van der Waals surface area contributed by atoms with E-state index in [2.05, 4.69) is 0 Å². The molecule has 1 aromatic carbocycles. The van der Waals surface area contributed by atoms with E-state index in [1.165, 1.54) is 12.1 Å². The van der Waals surface area contributed by atoms with Crippen molar-refractivity contribution in [3.63, 3.8) is 0 Å². The maximum absolute atomic E-state index is 11.6. The topological polar surface area (TPSA) is 55.9 Å². The van der Waals surface area contributed by atoms with Crippen molar-refractivity contribution in [3.8, 4) is 0 Å². The van der Waals surface area contributed by atoms with E-state index < -0.39 is 15.7 Å². The zero-order valence-corrected chi connectivity index (χ0v) is 9.16. The van der Waals surface area contributed by atoms with Crippen molar-refractivity contribution < 1.29 is 17.3 Å². The van der Waals surface area contributed by atoms with Gasteiger partial charge in [0.15, 0.2) is 0 Å². The van der Waals surface area contributed by atoms with E-state index >= 15 is 0 Å². The van der Waals surface area contributed by atoms with Crippen molar-refractivity contribution in [1.29, 1.82) is 0 Å². The molecule has 0 bridgehead atoms. The Hall–Kier alpha value is -0.910. The SMILES string of the molecule is CC1(COS(=O)(=O)c2ccccc2)CO1. The van der Waals surface area contributed by atoms with Crippen LogP contribution in [0.3, 0.4) is 0 Å². The number of hydrogen-bond donors (Lipinski definition) is 0. The third kappa shape index (κ3) is 2.56. The minimum absolute atomic E-state index is 0.0736. The van der Waals surface area contributed by atoms with Crippen molar-refractivity contribution in [2.45, 2.75) is 17.4 Å². The molecule has 1 atom stereocenters. The van der Waals surface area contributed by atoms with Crippen molar-refractivity contribution in [2.75, 3.05) is 13.2 Å². The molecule has 5 heteroatoms. The standard InChI is InChI=1S/C10H12O4S/c1-10(7-13-10)8-14-15(11,12)9-5-3-2-4-6-9/h2-6H,7-8H2,1H3. The monoisotopic (exact) mass is 228 g/mol. The molecule has 0 N–H and O–H groups in total. The molecule has 1 heterocycles. The Morgan fingerprint density at radius 3 is 2.53 bits per heavy atom. The fourth-order valence-electron chi connectivity index (χ4n) is 1.06. The van der Waals surface area contributed by atoms with Crippen molar-refractivity contribution in [2.24, 2.45) is 0 Å². The molecule has 82 valence electrons. The van der Waals surface area contributed by atoms with Gasteiger partial charge in [-0.25, -0.2) is 0 Å². The molecule has 1 unspecified atom stereocenters. The van der Waals surface area contributed by atoms with Gasteiger partial charge in [0, 0.05) is 0 Å². The molecular formula is C10H12O4S. The number of rotatable bonds is 4. The summed E-state index contributed by atoms with van der Waals surface area (Å²) < 4.78 is 33.2. The van der Waals surface area contributed by atoms with Gasteiger partial charge in [-0.1, -0.05) is 18.2 Å². The summed E-state index contributed by atoms with van der Waals surface area (Å²) in [5.74, 6) is 0. The molecule has 4 nitrogen and oxygen atoms in total. The predicted molar refractivity (Wildman–Crippen MR) is 53.9 cm³/mol. The van der Waals surface area contributed by atoms with Crippen molar-refractivity contribution >= 4 is 10.1 Å². The molecule has 0 radical (unpaired) electrons. The molecule has 1 aliphatic heterocycles. The summed E-state index contributed by atoms with van der Waals surface area (Å²) in [6.07, 6.45) is 0. The van der Waals surface area contributed by atoms with E-state index in [-0.39, 0.29) is 11.5 Å². The van der Waals surface area contributed by atoms with Crippen LogP contribution >= 0.6 is 0 Å². The Bertz CT molecular complexity index is 434. The highest BCUT2D eigenvalue weighted by molar-refractivity contribution is 7.86. The van der Waals surface area contributed by atoms with Crippen LogP contribution in [0, 0.1) is 0 Å². The third-order valence-electron chi connectivity index (χ3n) is 2.19. The second kappa shape index (κ2) is 3.59. The van der Waals surface area contributed by atoms with Gasteiger partial charge in [0.1, 0.15) is 5.60 Å². The Morgan fingerprint density at radius 1 is 1.40 bits per heavy atom. The summed E-state index contributed by atoms with van der Waals surface area (Å²) in [6.45, 7) is 2.44. The molecule has 0 spiro atoms. The quantitative estimate of drug-likeness (QED) is 0.573. The third-order valence-corrected chi connectivity index (χ3v) is 3.47. The largest absolute Gasteiger partial charge is 0.367 e. The van der Waals surface area contributed by atoms with Gasteiger partial charge in [0.25, 0.3) is 10.1 Å². The lowest BCUT2D eigenvalue weighted by molar-refractivity contribution is 0.207. The molecule has 0 amide bonds. The molecular weight excluding hydrogens is 216 g/mol. The summed E-state index contributed by atoms with van der Waals surface area (Å²) in [5, 5.41) is 0. The molecule has 0 saturated carbocycles. The zero-order valence-electron chi connectivity index (χ0n) is 8.34. The number of hydrogen-bond acceptors (Lipinski definition) is 4. The second-order valence-electron chi connectivity index (χ2n) is 3.77. The lowest BCUT2D eigenvalue weighted by atomic mass is 10.2. The molecule has 15 heavy (non-hydrogen) atoms. The van der Waals surface area contributed by atoms with Crippen LogP contribution in [-0.2, 0) is 19.0 Å². The lowest BCUT2D eigenvalue weighted by Crippen LogP contribution is -2.18. The number of benzene rings is 1. The maximum Gasteiger partial charge on any atom is 0.297 e. The molecule has 0 aliphatic carbocycles. The summed E-state index contributed by atoms with van der Waals surface area (Å²) in [5.41, 5.74) is -0.415. The minimum Gasteiger partial charge on any atom is -0.367 e. The van der Waals surface area contributed by atoms with Crippen LogP contribution in [0.1, 0.15) is 6.92 Å². The van der Waals surface area contributed by atoms with Gasteiger partial charge in [-0.15, -0.1) is 0 Å². The van der Waals surface area contributed by atoms with Gasteiger partial charge in [-0.05, 0) is 19.1 Å². The highest BCUT2D eigenvalue weighted by Gasteiger charge is 2.41. The van der Waals surface area contributed by atoms with Crippen molar-refractivity contribution in [1.82, 2.24) is 0 Å². The van der Waals surface area contributed by atoms with Crippen LogP contribution in [0.15, 0.2) is 35.2 Å². The fraction of sp³-hybridized carbons (Fsp3) is 0.400. The van der Waals surface area contributed by atoms with Crippen LogP contribution in [0.25, 0.3) is 0 Å². The van der Waals surface area contributed by atoms with E-state index in [4.69, 9.17) is 8.92 Å². The molecule has 1 aliphatic rings. The number of epoxide rings is 1. The van der Waals surface area contributed by atoms with Crippen LogP contribution < -0.4 is 0 Å². The maximum atomic E-state index is 11.6. The zero-order chi connectivity index (χ0) is 10.9. The van der Waals surface area contributed by atoms with E-state index in [9.17, 15) is 8.42 Å². The fourth-order valence-corrected chi connectivity index (χ4v) is 2.09. The first-order chi connectivity index (χ1) is 7.02. The van der Waals surface area contributed by atoms with Crippen LogP contribution in [-0.4, -0.2) is 27.2 Å². The highest BCUT2D eigenvalue weighted by atomic mass is 32.2. The van der Waals surface area contributed by atoms with E-state index in [1.54, 1.807) is 18.2 Å². The molecule has 1 fully saturated rings. The van der Waals surface area contributed by atoms with Gasteiger partial charge in [-0.3, -0.25) is 4.18 Å². The first-order valence-corrected chi connectivity index (χ1v) is 6.01. The normalized spacial score (nSPS) is 25.1. The highest BCUT2D eigenvalue weighted by Crippen LogP contribution is 2.27. The van der Waals surface area contributed by atoms with Gasteiger partial charge in [0.05, 0.1) is 18.1 Å². The van der Waals surface area contributed by atoms with Gasteiger partial charge < -0.3 is 4.74 Å². The first kappa shape index (κ1) is 10.6. The summed E-state index contributed by atoms with van der Waals surface area (Å²) in [7, 11) is -3.63. The molecule has 1 saturated heterocycles. The van der Waals surface area contributed by atoms with E-state index in [0.29, 0.717) is 6.61 Å². The number of ether oxygens (including phenoxy) is 1. The Balaban J connectivity index is 2.07. The molecule has 2 rings (SSSR count). The molecule has 1 aromatic rings. The van der Waals surface area contributed by atoms with Crippen molar-refractivity contribution in [3.05, 3.63) is 30.3 Å². The first-order valence-electron chi connectivity index (χ1n) is 4.60. The predicted octanol–water partition coefficient (Wildman–Crippen LogP) is 1.18. The smallest absolute Gasteiger partial charge is 0.297 e. The van der Waals surface area contributed by atoms with Gasteiger partial charge in [-0.2, -0.15) is 8.42 Å². The summed E-state index contributed by atoms with van der Waals surface area (Å²) in [6, 6.07) is 8.08. The Labute approximate surface area is 88.9 Å². The van der Waals surface area contributed by atoms with Crippen LogP contribution in [0.5, 0.6) is 0 Å².